The summed E-state index contributed by atoms with van der Waals surface area (Å²) in [6.07, 6.45) is 4.03. The van der Waals surface area contributed by atoms with Gasteiger partial charge in [0.05, 0.1) is 5.02 Å². The largest absolute Gasteiger partial charge is 0.396 e. The molecule has 3 rings (SSSR count). The van der Waals surface area contributed by atoms with Crippen LogP contribution in [0.25, 0.3) is 0 Å². The average molecular weight is 282 g/mol. The van der Waals surface area contributed by atoms with Gasteiger partial charge < -0.3 is 10.0 Å². The molecule has 104 valence electrons. The Labute approximate surface area is 119 Å². The maximum atomic E-state index is 9.28. The van der Waals surface area contributed by atoms with Crippen LogP contribution in [0.1, 0.15) is 12.8 Å². The molecule has 0 aromatic carbocycles. The van der Waals surface area contributed by atoms with E-state index >= 15 is 0 Å². The Bertz CT molecular complexity index is 425. The van der Waals surface area contributed by atoms with E-state index in [1.54, 1.807) is 6.20 Å². The number of aliphatic hydroxyl groups excluding tert-OH is 1. The second kappa shape index (κ2) is 5.65. The fourth-order valence-corrected chi connectivity index (χ4v) is 3.28. The Kier molecular flexibility index (Phi) is 3.91. The summed E-state index contributed by atoms with van der Waals surface area (Å²) >= 11 is 5.88. The monoisotopic (exact) mass is 281 g/mol. The minimum Gasteiger partial charge on any atom is -0.396 e. The SMILES string of the molecule is OC[C@@H]1CCC2CN(c3ccc(Cl)cn3)CCN2C1. The normalized spacial score (nSPS) is 28.2. The fourth-order valence-electron chi connectivity index (χ4n) is 3.17. The first-order valence-corrected chi connectivity index (χ1v) is 7.35. The van der Waals surface area contributed by atoms with Crippen LogP contribution in [0.15, 0.2) is 18.3 Å². The summed E-state index contributed by atoms with van der Waals surface area (Å²) in [5, 5.41) is 9.96. The predicted octanol–water partition coefficient (Wildman–Crippen LogP) is 1.63. The van der Waals surface area contributed by atoms with Crippen LogP contribution in [0.5, 0.6) is 0 Å². The van der Waals surface area contributed by atoms with Gasteiger partial charge in [0.2, 0.25) is 0 Å². The first-order valence-electron chi connectivity index (χ1n) is 6.97. The molecule has 0 amide bonds. The van der Waals surface area contributed by atoms with Crippen molar-refractivity contribution in [3.8, 4) is 0 Å². The Morgan fingerprint density at radius 2 is 2.16 bits per heavy atom. The molecule has 19 heavy (non-hydrogen) atoms. The third-order valence-electron chi connectivity index (χ3n) is 4.30. The topological polar surface area (TPSA) is 39.6 Å². The Morgan fingerprint density at radius 1 is 1.26 bits per heavy atom. The van der Waals surface area contributed by atoms with Gasteiger partial charge in [0.1, 0.15) is 5.82 Å². The molecule has 0 saturated carbocycles. The number of aliphatic hydroxyl groups is 1. The second-order valence-electron chi connectivity index (χ2n) is 5.56. The molecule has 1 aromatic heterocycles. The van der Waals surface area contributed by atoms with Crippen molar-refractivity contribution in [3.63, 3.8) is 0 Å². The third kappa shape index (κ3) is 2.86. The summed E-state index contributed by atoms with van der Waals surface area (Å²) in [5.41, 5.74) is 0. The Hall–Kier alpha value is -0.840. The summed E-state index contributed by atoms with van der Waals surface area (Å²) in [6.45, 7) is 4.47. The second-order valence-corrected chi connectivity index (χ2v) is 5.99. The van der Waals surface area contributed by atoms with Gasteiger partial charge in [-0.15, -0.1) is 0 Å². The summed E-state index contributed by atoms with van der Waals surface area (Å²) in [5.74, 6) is 1.49. The van der Waals surface area contributed by atoms with Gasteiger partial charge in [-0.2, -0.15) is 0 Å². The molecular weight excluding hydrogens is 262 g/mol. The van der Waals surface area contributed by atoms with Crippen molar-refractivity contribution in [2.45, 2.75) is 18.9 Å². The van der Waals surface area contributed by atoms with Crippen molar-refractivity contribution in [2.75, 3.05) is 37.7 Å². The molecule has 5 heteroatoms. The number of hydrogen-bond donors (Lipinski definition) is 1. The standard InChI is InChI=1S/C14H20ClN3O/c15-12-2-4-14(16-7-12)18-6-5-17-8-11(10-19)1-3-13(17)9-18/h2,4,7,11,13,19H,1,3,5-6,8-10H2/t11-,13?/m1/s1. The van der Waals surface area contributed by atoms with E-state index in [9.17, 15) is 5.11 Å². The zero-order valence-corrected chi connectivity index (χ0v) is 11.8. The van der Waals surface area contributed by atoms with E-state index in [2.05, 4.69) is 14.8 Å². The molecule has 2 atom stereocenters. The van der Waals surface area contributed by atoms with Gasteiger partial charge in [-0.05, 0) is 30.9 Å². The van der Waals surface area contributed by atoms with Crippen LogP contribution in [0.2, 0.25) is 5.02 Å². The van der Waals surface area contributed by atoms with E-state index < -0.39 is 0 Å². The quantitative estimate of drug-likeness (QED) is 0.894. The van der Waals surface area contributed by atoms with Gasteiger partial charge in [-0.25, -0.2) is 4.98 Å². The lowest BCUT2D eigenvalue weighted by Gasteiger charge is -2.46. The third-order valence-corrected chi connectivity index (χ3v) is 4.52. The molecule has 2 fully saturated rings. The lowest BCUT2D eigenvalue weighted by Crippen LogP contribution is -2.57. The van der Waals surface area contributed by atoms with E-state index in [4.69, 9.17) is 11.6 Å². The molecule has 1 N–H and O–H groups in total. The van der Waals surface area contributed by atoms with Gasteiger partial charge in [-0.3, -0.25) is 4.90 Å². The van der Waals surface area contributed by atoms with Crippen LogP contribution in [0.3, 0.4) is 0 Å². The number of hydrogen-bond acceptors (Lipinski definition) is 4. The van der Waals surface area contributed by atoms with Crippen LogP contribution in [0, 0.1) is 5.92 Å². The van der Waals surface area contributed by atoms with Crippen molar-refractivity contribution in [1.82, 2.24) is 9.88 Å². The summed E-state index contributed by atoms with van der Waals surface area (Å²) in [4.78, 5) is 9.27. The number of anilines is 1. The first kappa shape index (κ1) is 13.2. The van der Waals surface area contributed by atoms with E-state index in [1.165, 1.54) is 6.42 Å². The van der Waals surface area contributed by atoms with Crippen molar-refractivity contribution < 1.29 is 5.11 Å². The van der Waals surface area contributed by atoms with E-state index in [0.717, 1.165) is 38.4 Å². The number of fused-ring (bicyclic) bond motifs is 1. The van der Waals surface area contributed by atoms with Gasteiger partial charge in [0.15, 0.2) is 0 Å². The van der Waals surface area contributed by atoms with Crippen molar-refractivity contribution in [2.24, 2.45) is 5.92 Å². The van der Waals surface area contributed by atoms with Crippen LogP contribution in [-0.4, -0.2) is 53.8 Å². The van der Waals surface area contributed by atoms with Gasteiger partial charge in [0, 0.05) is 45.0 Å². The highest BCUT2D eigenvalue weighted by Gasteiger charge is 2.32. The van der Waals surface area contributed by atoms with Crippen molar-refractivity contribution in [3.05, 3.63) is 23.4 Å². The zero-order chi connectivity index (χ0) is 13.2. The van der Waals surface area contributed by atoms with Gasteiger partial charge in [-0.1, -0.05) is 11.6 Å². The van der Waals surface area contributed by atoms with Crippen molar-refractivity contribution >= 4 is 17.4 Å². The van der Waals surface area contributed by atoms with Gasteiger partial charge >= 0.3 is 0 Å². The van der Waals surface area contributed by atoms with Crippen LogP contribution in [0.4, 0.5) is 5.82 Å². The molecular formula is C14H20ClN3O. The lowest BCUT2D eigenvalue weighted by molar-refractivity contribution is 0.0672. The maximum absolute atomic E-state index is 9.28. The molecule has 2 aliphatic rings. The van der Waals surface area contributed by atoms with E-state index in [0.29, 0.717) is 23.6 Å². The van der Waals surface area contributed by atoms with Gasteiger partial charge in [0.25, 0.3) is 0 Å². The molecule has 0 spiro atoms. The fraction of sp³-hybridized carbons (Fsp3) is 0.643. The Morgan fingerprint density at radius 3 is 2.89 bits per heavy atom. The molecule has 2 saturated heterocycles. The highest BCUT2D eigenvalue weighted by Crippen LogP contribution is 2.27. The smallest absolute Gasteiger partial charge is 0.128 e. The van der Waals surface area contributed by atoms with Crippen molar-refractivity contribution in [1.29, 1.82) is 0 Å². The number of aromatic nitrogens is 1. The minimum absolute atomic E-state index is 0.325. The highest BCUT2D eigenvalue weighted by molar-refractivity contribution is 6.30. The van der Waals surface area contributed by atoms with Crippen LogP contribution in [-0.2, 0) is 0 Å². The number of rotatable bonds is 2. The molecule has 2 aliphatic heterocycles. The average Bonchev–Trinajstić information content (AvgIpc) is 2.47. The molecule has 0 radical (unpaired) electrons. The predicted molar refractivity (Wildman–Crippen MR) is 76.6 cm³/mol. The lowest BCUT2D eigenvalue weighted by atomic mass is 9.91. The minimum atomic E-state index is 0.325. The molecule has 0 aliphatic carbocycles. The molecule has 1 unspecified atom stereocenters. The van der Waals surface area contributed by atoms with Crippen LogP contribution >= 0.6 is 11.6 Å². The number of halogens is 1. The Balaban J connectivity index is 1.65. The summed E-state index contributed by atoms with van der Waals surface area (Å²) < 4.78 is 0. The summed E-state index contributed by atoms with van der Waals surface area (Å²) in [7, 11) is 0. The number of piperidine rings is 1. The first-order chi connectivity index (χ1) is 9.26. The molecule has 1 aromatic rings. The molecule has 0 bridgehead atoms. The zero-order valence-electron chi connectivity index (χ0n) is 11.0. The molecule has 4 nitrogen and oxygen atoms in total. The summed E-state index contributed by atoms with van der Waals surface area (Å²) in [6, 6.07) is 4.50. The maximum Gasteiger partial charge on any atom is 0.128 e. The number of pyridine rings is 1. The highest BCUT2D eigenvalue weighted by atomic mass is 35.5. The van der Waals surface area contributed by atoms with Crippen LogP contribution < -0.4 is 4.90 Å². The number of piperazine rings is 1. The number of nitrogens with zero attached hydrogens (tertiary/aromatic N) is 3. The molecule has 3 heterocycles. The van der Waals surface area contributed by atoms with E-state index in [-0.39, 0.29) is 0 Å². The van der Waals surface area contributed by atoms with E-state index in [1.807, 2.05) is 12.1 Å².